The standard InChI is InChI=1S/C21H28F3N3O/c1-4-5-8-27(3)12-17-11-25-26-19(17)16-9-14(2)20(28-13-15-6-7-15)18(10-16)21(22,23)24/h9-11,15H,4-8,12-13H2,1-3H3,(H,25,26). The summed E-state index contributed by atoms with van der Waals surface area (Å²) in [5.41, 5.74) is 1.77. The summed E-state index contributed by atoms with van der Waals surface area (Å²) >= 11 is 0. The van der Waals surface area contributed by atoms with E-state index in [0.717, 1.165) is 37.8 Å². The van der Waals surface area contributed by atoms with Crippen molar-refractivity contribution >= 4 is 0 Å². The van der Waals surface area contributed by atoms with Crippen LogP contribution in [0.15, 0.2) is 18.3 Å². The first kappa shape index (κ1) is 20.7. The number of hydrogen-bond acceptors (Lipinski definition) is 3. The number of ether oxygens (including phenoxy) is 1. The smallest absolute Gasteiger partial charge is 0.419 e. The average molecular weight is 395 g/mol. The van der Waals surface area contributed by atoms with E-state index in [0.29, 0.717) is 35.9 Å². The number of alkyl halides is 3. The van der Waals surface area contributed by atoms with Crippen LogP contribution in [0.3, 0.4) is 0 Å². The van der Waals surface area contributed by atoms with Crippen molar-refractivity contribution in [3.63, 3.8) is 0 Å². The number of halogens is 3. The van der Waals surface area contributed by atoms with Crippen molar-refractivity contribution in [3.05, 3.63) is 35.0 Å². The zero-order valence-corrected chi connectivity index (χ0v) is 16.7. The number of H-pyrrole nitrogens is 1. The van der Waals surface area contributed by atoms with Crippen LogP contribution in [0.1, 0.15) is 49.3 Å². The first-order valence-corrected chi connectivity index (χ1v) is 9.85. The molecule has 0 amide bonds. The fourth-order valence-corrected chi connectivity index (χ4v) is 3.28. The highest BCUT2D eigenvalue weighted by Gasteiger charge is 2.36. The Balaban J connectivity index is 1.90. The third-order valence-electron chi connectivity index (χ3n) is 5.08. The van der Waals surface area contributed by atoms with Crippen LogP contribution in [0.4, 0.5) is 13.2 Å². The van der Waals surface area contributed by atoms with E-state index in [-0.39, 0.29) is 5.75 Å². The third kappa shape index (κ3) is 5.07. The normalized spacial score (nSPS) is 14.7. The molecule has 4 nitrogen and oxygen atoms in total. The van der Waals surface area contributed by atoms with Gasteiger partial charge < -0.3 is 9.64 Å². The molecule has 3 rings (SSSR count). The van der Waals surface area contributed by atoms with Gasteiger partial charge in [0.2, 0.25) is 0 Å². The lowest BCUT2D eigenvalue weighted by molar-refractivity contribution is -0.139. The lowest BCUT2D eigenvalue weighted by Crippen LogP contribution is -2.19. The number of benzene rings is 1. The van der Waals surface area contributed by atoms with Gasteiger partial charge in [0.1, 0.15) is 5.75 Å². The number of aromatic amines is 1. The van der Waals surface area contributed by atoms with Crippen LogP contribution >= 0.6 is 0 Å². The molecule has 1 fully saturated rings. The van der Waals surface area contributed by atoms with Gasteiger partial charge in [-0.1, -0.05) is 13.3 Å². The fraction of sp³-hybridized carbons (Fsp3) is 0.571. The van der Waals surface area contributed by atoms with Gasteiger partial charge in [-0.15, -0.1) is 0 Å². The number of rotatable bonds is 9. The lowest BCUT2D eigenvalue weighted by atomic mass is 10.00. The SMILES string of the molecule is CCCCN(C)Cc1cn[nH]c1-c1cc(C)c(OCC2CC2)c(C(F)(F)F)c1. The van der Waals surface area contributed by atoms with Crippen molar-refractivity contribution < 1.29 is 17.9 Å². The Morgan fingerprint density at radius 3 is 2.68 bits per heavy atom. The average Bonchev–Trinajstić information content (AvgIpc) is 3.34. The Kier molecular flexibility index (Phi) is 6.33. The highest BCUT2D eigenvalue weighted by Crippen LogP contribution is 2.42. The summed E-state index contributed by atoms with van der Waals surface area (Å²) in [6.07, 6.45) is 1.45. The Labute approximate surface area is 164 Å². The van der Waals surface area contributed by atoms with Gasteiger partial charge in [0.25, 0.3) is 0 Å². The quantitative estimate of drug-likeness (QED) is 0.616. The van der Waals surface area contributed by atoms with Gasteiger partial charge in [0.05, 0.1) is 24.1 Å². The van der Waals surface area contributed by atoms with Crippen LogP contribution in [0, 0.1) is 12.8 Å². The van der Waals surface area contributed by atoms with E-state index in [2.05, 4.69) is 22.0 Å². The monoisotopic (exact) mass is 395 g/mol. The molecule has 1 aromatic carbocycles. The molecule has 1 aliphatic rings. The van der Waals surface area contributed by atoms with E-state index in [9.17, 15) is 13.2 Å². The molecule has 0 saturated heterocycles. The molecule has 0 aliphatic heterocycles. The van der Waals surface area contributed by atoms with Crippen molar-refractivity contribution in [1.82, 2.24) is 15.1 Å². The van der Waals surface area contributed by atoms with Gasteiger partial charge >= 0.3 is 6.18 Å². The molecule has 0 radical (unpaired) electrons. The minimum absolute atomic E-state index is 0.0516. The molecule has 28 heavy (non-hydrogen) atoms. The molecule has 1 N–H and O–H groups in total. The van der Waals surface area contributed by atoms with Gasteiger partial charge in [0.15, 0.2) is 0 Å². The molecule has 1 aromatic heterocycles. The molecule has 154 valence electrons. The highest BCUT2D eigenvalue weighted by molar-refractivity contribution is 5.67. The van der Waals surface area contributed by atoms with Crippen LogP contribution in [0.5, 0.6) is 5.75 Å². The zero-order valence-electron chi connectivity index (χ0n) is 16.7. The molecule has 1 aliphatic carbocycles. The summed E-state index contributed by atoms with van der Waals surface area (Å²) in [5.74, 6) is 0.335. The maximum Gasteiger partial charge on any atom is 0.419 e. The zero-order chi connectivity index (χ0) is 20.3. The van der Waals surface area contributed by atoms with Crippen molar-refractivity contribution in [2.45, 2.75) is 52.3 Å². The number of nitrogens with zero attached hydrogens (tertiary/aromatic N) is 2. The van der Waals surface area contributed by atoms with Gasteiger partial charge in [0, 0.05) is 17.7 Å². The van der Waals surface area contributed by atoms with Crippen LogP contribution in [0.2, 0.25) is 0 Å². The first-order chi connectivity index (χ1) is 13.3. The summed E-state index contributed by atoms with van der Waals surface area (Å²) in [4.78, 5) is 2.16. The first-order valence-electron chi connectivity index (χ1n) is 9.85. The third-order valence-corrected chi connectivity index (χ3v) is 5.08. The Hall–Kier alpha value is -2.02. The Morgan fingerprint density at radius 2 is 2.04 bits per heavy atom. The van der Waals surface area contributed by atoms with E-state index in [1.807, 2.05) is 7.05 Å². The second-order valence-corrected chi connectivity index (χ2v) is 7.78. The number of aromatic nitrogens is 2. The molecule has 0 spiro atoms. The van der Waals surface area contributed by atoms with E-state index in [4.69, 9.17) is 4.74 Å². The summed E-state index contributed by atoms with van der Waals surface area (Å²) in [5, 5.41) is 6.96. The van der Waals surface area contributed by atoms with Crippen LogP contribution in [-0.2, 0) is 12.7 Å². The second-order valence-electron chi connectivity index (χ2n) is 7.78. The Morgan fingerprint density at radius 1 is 1.29 bits per heavy atom. The van der Waals surface area contributed by atoms with Crippen LogP contribution in [-0.4, -0.2) is 35.3 Å². The number of aryl methyl sites for hydroxylation is 1. The van der Waals surface area contributed by atoms with E-state index >= 15 is 0 Å². The maximum absolute atomic E-state index is 13.7. The van der Waals surface area contributed by atoms with Crippen molar-refractivity contribution in [2.24, 2.45) is 5.92 Å². The molecule has 0 bridgehead atoms. The molecular formula is C21H28F3N3O. The van der Waals surface area contributed by atoms with Gasteiger partial charge in [-0.2, -0.15) is 18.3 Å². The highest BCUT2D eigenvalue weighted by atomic mass is 19.4. The molecule has 7 heteroatoms. The van der Waals surface area contributed by atoms with Gasteiger partial charge in [-0.05, 0) is 63.4 Å². The molecule has 2 aromatic rings. The topological polar surface area (TPSA) is 41.2 Å². The molecule has 0 unspecified atom stereocenters. The van der Waals surface area contributed by atoms with Crippen LogP contribution in [0.25, 0.3) is 11.3 Å². The fourth-order valence-electron chi connectivity index (χ4n) is 3.28. The predicted octanol–water partition coefficient (Wildman–Crippen LogP) is 5.42. The van der Waals surface area contributed by atoms with Gasteiger partial charge in [-0.3, -0.25) is 5.10 Å². The van der Waals surface area contributed by atoms with E-state index in [1.54, 1.807) is 19.2 Å². The maximum atomic E-state index is 13.7. The Bertz CT molecular complexity index is 797. The largest absolute Gasteiger partial charge is 0.492 e. The minimum atomic E-state index is -4.47. The van der Waals surface area contributed by atoms with E-state index < -0.39 is 11.7 Å². The molecular weight excluding hydrogens is 367 g/mol. The molecule has 0 atom stereocenters. The summed E-state index contributed by atoms with van der Waals surface area (Å²) in [6, 6.07) is 2.93. The van der Waals surface area contributed by atoms with Crippen molar-refractivity contribution in [2.75, 3.05) is 20.2 Å². The van der Waals surface area contributed by atoms with Gasteiger partial charge in [-0.25, -0.2) is 0 Å². The molecule has 1 saturated carbocycles. The van der Waals surface area contributed by atoms with Crippen LogP contribution < -0.4 is 4.74 Å². The number of hydrogen-bond donors (Lipinski definition) is 1. The summed E-state index contributed by atoms with van der Waals surface area (Å²) in [7, 11) is 2.01. The molecule has 1 heterocycles. The number of nitrogens with one attached hydrogen (secondary N) is 1. The second kappa shape index (κ2) is 8.55. The minimum Gasteiger partial charge on any atom is -0.492 e. The number of unbranched alkanes of at least 4 members (excludes halogenated alkanes) is 1. The summed E-state index contributed by atoms with van der Waals surface area (Å²) in [6.45, 7) is 5.71. The lowest BCUT2D eigenvalue weighted by Gasteiger charge is -2.19. The summed E-state index contributed by atoms with van der Waals surface area (Å²) < 4.78 is 46.8. The van der Waals surface area contributed by atoms with Crippen molar-refractivity contribution in [3.8, 4) is 17.0 Å². The van der Waals surface area contributed by atoms with Crippen molar-refractivity contribution in [1.29, 1.82) is 0 Å². The van der Waals surface area contributed by atoms with E-state index in [1.165, 1.54) is 6.07 Å². The predicted molar refractivity (Wildman–Crippen MR) is 103 cm³/mol.